The van der Waals surface area contributed by atoms with Gasteiger partial charge in [0, 0.05) is 16.6 Å². The monoisotopic (exact) mass is 282 g/mol. The molecule has 0 amide bonds. The molecule has 0 radical (unpaired) electrons. The fourth-order valence-corrected chi connectivity index (χ4v) is 1.91. The molecule has 1 N–H and O–H groups in total. The average Bonchev–Trinajstić information content (AvgIpc) is 2.79. The van der Waals surface area contributed by atoms with Gasteiger partial charge in [-0.05, 0) is 12.1 Å². The summed E-state index contributed by atoms with van der Waals surface area (Å²) in [6.45, 7) is 4.97. The lowest BCUT2D eigenvalue weighted by molar-refractivity contribution is 0.528. The highest BCUT2D eigenvalue weighted by molar-refractivity contribution is 6.31. The fourth-order valence-electron chi connectivity index (χ4n) is 1.69. The van der Waals surface area contributed by atoms with Crippen LogP contribution in [-0.2, 0) is 13.1 Å². The molecule has 19 heavy (non-hydrogen) atoms. The molecule has 2 aromatic rings. The fraction of sp³-hybridized carbons (Fsp3) is 0.385. The molecule has 0 aliphatic heterocycles. The summed E-state index contributed by atoms with van der Waals surface area (Å²) in [5, 5.41) is 7.77. The molecule has 1 aromatic carbocycles. The van der Waals surface area contributed by atoms with Crippen molar-refractivity contribution in [2.45, 2.75) is 33.0 Å². The van der Waals surface area contributed by atoms with Gasteiger partial charge in [0.05, 0.1) is 13.1 Å². The lowest BCUT2D eigenvalue weighted by Gasteiger charge is -2.10. The van der Waals surface area contributed by atoms with E-state index in [1.165, 1.54) is 12.4 Å². The minimum Gasteiger partial charge on any atom is -0.308 e. The second-order valence-corrected chi connectivity index (χ2v) is 4.98. The predicted octanol–water partition coefficient (Wildman–Crippen LogP) is 2.62. The van der Waals surface area contributed by atoms with Crippen LogP contribution in [0.5, 0.6) is 0 Å². The largest absolute Gasteiger partial charge is 0.308 e. The Morgan fingerprint density at radius 3 is 2.89 bits per heavy atom. The van der Waals surface area contributed by atoms with E-state index in [-0.39, 0.29) is 12.4 Å². The summed E-state index contributed by atoms with van der Waals surface area (Å²) in [6.07, 6.45) is 1.46. The van der Waals surface area contributed by atoms with Gasteiger partial charge in [-0.25, -0.2) is 14.1 Å². The van der Waals surface area contributed by atoms with Gasteiger partial charge in [0.1, 0.15) is 18.0 Å². The number of halogens is 2. The quantitative estimate of drug-likeness (QED) is 0.917. The minimum absolute atomic E-state index is 0.278. The van der Waals surface area contributed by atoms with E-state index in [4.69, 9.17) is 11.6 Å². The third-order valence-corrected chi connectivity index (χ3v) is 3.09. The van der Waals surface area contributed by atoms with Gasteiger partial charge in [-0.1, -0.05) is 31.5 Å². The molecule has 1 aromatic heterocycles. The molecular formula is C13H16ClFN4. The van der Waals surface area contributed by atoms with E-state index in [1.54, 1.807) is 16.8 Å². The molecular weight excluding hydrogens is 267 g/mol. The number of nitrogens with zero attached hydrogens (tertiary/aromatic N) is 3. The molecule has 0 unspecified atom stereocenters. The van der Waals surface area contributed by atoms with Gasteiger partial charge >= 0.3 is 0 Å². The van der Waals surface area contributed by atoms with Crippen molar-refractivity contribution in [2.75, 3.05) is 0 Å². The van der Waals surface area contributed by atoms with Crippen LogP contribution in [0.25, 0.3) is 0 Å². The van der Waals surface area contributed by atoms with Crippen LogP contribution in [0.3, 0.4) is 0 Å². The molecule has 0 aliphatic carbocycles. The standard InChI is InChI=1S/C13H16ClFN4/c1-9(2)16-6-13-17-8-18-19(13)7-10-11(14)4-3-5-12(10)15/h3-5,8-9,16H,6-7H2,1-2H3. The summed E-state index contributed by atoms with van der Waals surface area (Å²) >= 11 is 6.01. The summed E-state index contributed by atoms with van der Waals surface area (Å²) in [4.78, 5) is 4.17. The van der Waals surface area contributed by atoms with Gasteiger partial charge in [-0.2, -0.15) is 5.10 Å². The van der Waals surface area contributed by atoms with Crippen LogP contribution in [0.1, 0.15) is 25.2 Å². The highest BCUT2D eigenvalue weighted by Crippen LogP contribution is 2.20. The maximum atomic E-state index is 13.7. The van der Waals surface area contributed by atoms with Gasteiger partial charge in [-0.15, -0.1) is 0 Å². The molecule has 6 heteroatoms. The van der Waals surface area contributed by atoms with Crippen LogP contribution in [-0.4, -0.2) is 20.8 Å². The molecule has 0 fully saturated rings. The van der Waals surface area contributed by atoms with Crippen molar-refractivity contribution in [3.63, 3.8) is 0 Å². The molecule has 0 saturated heterocycles. The third kappa shape index (κ3) is 3.52. The van der Waals surface area contributed by atoms with E-state index in [2.05, 4.69) is 29.2 Å². The summed E-state index contributed by atoms with van der Waals surface area (Å²) in [7, 11) is 0. The summed E-state index contributed by atoms with van der Waals surface area (Å²) in [5.41, 5.74) is 0.431. The van der Waals surface area contributed by atoms with Crippen LogP contribution in [0.4, 0.5) is 4.39 Å². The van der Waals surface area contributed by atoms with Crippen molar-refractivity contribution in [2.24, 2.45) is 0 Å². The molecule has 0 bridgehead atoms. The number of aromatic nitrogens is 3. The van der Waals surface area contributed by atoms with E-state index in [0.29, 0.717) is 23.2 Å². The Morgan fingerprint density at radius 2 is 2.21 bits per heavy atom. The lowest BCUT2D eigenvalue weighted by atomic mass is 10.2. The third-order valence-electron chi connectivity index (χ3n) is 2.73. The van der Waals surface area contributed by atoms with Gasteiger partial charge in [0.15, 0.2) is 0 Å². The van der Waals surface area contributed by atoms with Crippen molar-refractivity contribution < 1.29 is 4.39 Å². The Kier molecular flexibility index (Phi) is 4.50. The van der Waals surface area contributed by atoms with Crippen LogP contribution in [0.15, 0.2) is 24.5 Å². The number of nitrogens with one attached hydrogen (secondary N) is 1. The van der Waals surface area contributed by atoms with Crippen molar-refractivity contribution in [1.29, 1.82) is 0 Å². The topological polar surface area (TPSA) is 42.7 Å². The highest BCUT2D eigenvalue weighted by Gasteiger charge is 2.11. The summed E-state index contributed by atoms with van der Waals surface area (Å²) in [5.74, 6) is 0.429. The van der Waals surface area contributed by atoms with Gasteiger partial charge in [0.25, 0.3) is 0 Å². The Balaban J connectivity index is 2.17. The first-order valence-corrected chi connectivity index (χ1v) is 6.48. The Morgan fingerprint density at radius 1 is 1.42 bits per heavy atom. The Bertz CT molecular complexity index is 533. The van der Waals surface area contributed by atoms with E-state index in [9.17, 15) is 4.39 Å². The van der Waals surface area contributed by atoms with Gasteiger partial charge in [0.2, 0.25) is 0 Å². The average molecular weight is 283 g/mol. The van der Waals surface area contributed by atoms with Gasteiger partial charge < -0.3 is 5.32 Å². The molecule has 102 valence electrons. The van der Waals surface area contributed by atoms with Crippen molar-refractivity contribution in [3.05, 3.63) is 46.8 Å². The van der Waals surface area contributed by atoms with Crippen LogP contribution in [0, 0.1) is 5.82 Å². The molecule has 1 heterocycles. The van der Waals surface area contributed by atoms with Crippen molar-refractivity contribution >= 4 is 11.6 Å². The van der Waals surface area contributed by atoms with Gasteiger partial charge in [-0.3, -0.25) is 0 Å². The smallest absolute Gasteiger partial charge is 0.141 e. The van der Waals surface area contributed by atoms with Crippen molar-refractivity contribution in [3.8, 4) is 0 Å². The zero-order valence-corrected chi connectivity index (χ0v) is 11.7. The number of rotatable bonds is 5. The second kappa shape index (κ2) is 6.12. The zero-order chi connectivity index (χ0) is 13.8. The molecule has 0 atom stereocenters. The molecule has 0 aliphatic rings. The molecule has 2 rings (SSSR count). The minimum atomic E-state index is -0.328. The molecule has 0 spiro atoms. The number of hydrogen-bond acceptors (Lipinski definition) is 3. The highest BCUT2D eigenvalue weighted by atomic mass is 35.5. The normalized spacial score (nSPS) is 11.2. The first-order chi connectivity index (χ1) is 9.08. The van der Waals surface area contributed by atoms with E-state index >= 15 is 0 Å². The van der Waals surface area contributed by atoms with E-state index < -0.39 is 0 Å². The summed E-state index contributed by atoms with van der Waals surface area (Å²) in [6, 6.07) is 5.00. The second-order valence-electron chi connectivity index (χ2n) is 4.57. The SMILES string of the molecule is CC(C)NCc1ncnn1Cc1c(F)cccc1Cl. The molecule has 4 nitrogen and oxygen atoms in total. The van der Waals surface area contributed by atoms with E-state index in [0.717, 1.165) is 5.82 Å². The summed E-state index contributed by atoms with van der Waals surface area (Å²) < 4.78 is 15.4. The first-order valence-electron chi connectivity index (χ1n) is 6.11. The number of hydrogen-bond donors (Lipinski definition) is 1. The Hall–Kier alpha value is -1.46. The number of benzene rings is 1. The van der Waals surface area contributed by atoms with Crippen LogP contribution in [0.2, 0.25) is 5.02 Å². The molecule has 0 saturated carbocycles. The zero-order valence-electron chi connectivity index (χ0n) is 10.9. The maximum Gasteiger partial charge on any atom is 0.141 e. The van der Waals surface area contributed by atoms with E-state index in [1.807, 2.05) is 0 Å². The predicted molar refractivity (Wildman–Crippen MR) is 72.5 cm³/mol. The first kappa shape index (κ1) is 14.0. The van der Waals surface area contributed by atoms with Crippen LogP contribution < -0.4 is 5.32 Å². The maximum absolute atomic E-state index is 13.7. The van der Waals surface area contributed by atoms with Crippen molar-refractivity contribution in [1.82, 2.24) is 20.1 Å². The Labute approximate surface area is 116 Å². The van der Waals surface area contributed by atoms with Crippen LogP contribution >= 0.6 is 11.6 Å². The lowest BCUT2D eigenvalue weighted by Crippen LogP contribution is -2.24.